The van der Waals surface area contributed by atoms with Crippen LogP contribution in [0.2, 0.25) is 0 Å². The summed E-state index contributed by atoms with van der Waals surface area (Å²) in [5.41, 5.74) is -0.212. The predicted molar refractivity (Wildman–Crippen MR) is 74.8 cm³/mol. The van der Waals surface area contributed by atoms with Gasteiger partial charge in [-0.25, -0.2) is 14.4 Å². The molecule has 2 rings (SSSR count). The van der Waals surface area contributed by atoms with Crippen LogP contribution in [0.15, 0.2) is 18.2 Å². The molecule has 1 aliphatic carbocycles. The van der Waals surface area contributed by atoms with Crippen molar-refractivity contribution in [2.45, 2.75) is 25.3 Å². The molecule has 21 heavy (non-hydrogen) atoms. The molecule has 1 saturated carbocycles. The number of amides is 2. The molecule has 3 N–H and O–H groups in total. The highest BCUT2D eigenvalue weighted by Crippen LogP contribution is 2.24. The summed E-state index contributed by atoms with van der Waals surface area (Å²) < 4.78 is 0. The van der Waals surface area contributed by atoms with Crippen molar-refractivity contribution in [1.82, 2.24) is 4.90 Å². The van der Waals surface area contributed by atoms with E-state index in [0.29, 0.717) is 0 Å². The van der Waals surface area contributed by atoms with E-state index in [2.05, 4.69) is 5.32 Å². The fourth-order valence-electron chi connectivity index (χ4n) is 2.10. The number of carbonyl (C=O) groups is 3. The van der Waals surface area contributed by atoms with E-state index >= 15 is 0 Å². The number of carboxylic acid groups (broad SMARTS) is 2. The molecule has 0 heterocycles. The van der Waals surface area contributed by atoms with Crippen molar-refractivity contribution in [2.24, 2.45) is 0 Å². The van der Waals surface area contributed by atoms with Crippen LogP contribution in [0.4, 0.5) is 10.5 Å². The summed E-state index contributed by atoms with van der Waals surface area (Å²) in [7, 11) is 1.66. The molecule has 0 spiro atoms. The lowest BCUT2D eigenvalue weighted by molar-refractivity contribution is 0.0696. The quantitative estimate of drug-likeness (QED) is 0.787. The van der Waals surface area contributed by atoms with Gasteiger partial charge in [-0.3, -0.25) is 0 Å². The third kappa shape index (κ3) is 3.31. The van der Waals surface area contributed by atoms with Crippen molar-refractivity contribution < 1.29 is 24.6 Å². The largest absolute Gasteiger partial charge is 0.478 e. The second kappa shape index (κ2) is 5.82. The first-order valence-electron chi connectivity index (χ1n) is 6.54. The van der Waals surface area contributed by atoms with Crippen molar-refractivity contribution in [3.63, 3.8) is 0 Å². The van der Waals surface area contributed by atoms with Gasteiger partial charge in [0.1, 0.15) is 0 Å². The van der Waals surface area contributed by atoms with E-state index in [-0.39, 0.29) is 28.9 Å². The zero-order valence-corrected chi connectivity index (χ0v) is 11.5. The fraction of sp³-hybridized carbons (Fsp3) is 0.357. The summed E-state index contributed by atoms with van der Waals surface area (Å²) in [6.45, 7) is 0. The number of hydrogen-bond donors (Lipinski definition) is 3. The van der Waals surface area contributed by atoms with Crippen LogP contribution in [-0.4, -0.2) is 46.2 Å². The molecule has 0 aliphatic heterocycles. The van der Waals surface area contributed by atoms with Gasteiger partial charge < -0.3 is 20.4 Å². The Kier molecular flexibility index (Phi) is 4.11. The van der Waals surface area contributed by atoms with Gasteiger partial charge in [-0.15, -0.1) is 0 Å². The minimum absolute atomic E-state index is 0.156. The highest BCUT2D eigenvalue weighted by molar-refractivity contribution is 5.98. The van der Waals surface area contributed by atoms with Crippen molar-refractivity contribution in [3.8, 4) is 0 Å². The lowest BCUT2D eigenvalue weighted by Gasteiger charge is -2.34. The highest BCUT2D eigenvalue weighted by atomic mass is 16.4. The maximum atomic E-state index is 12.0. The second-order valence-electron chi connectivity index (χ2n) is 5.04. The van der Waals surface area contributed by atoms with Crippen LogP contribution in [0, 0.1) is 0 Å². The molecule has 0 radical (unpaired) electrons. The molecule has 0 saturated heterocycles. The molecule has 0 atom stereocenters. The molecule has 1 aromatic rings. The van der Waals surface area contributed by atoms with Crippen molar-refractivity contribution in [1.29, 1.82) is 0 Å². The smallest absolute Gasteiger partial charge is 0.335 e. The number of anilines is 1. The number of carboxylic acids is 2. The molecule has 1 aliphatic rings. The van der Waals surface area contributed by atoms with Gasteiger partial charge in [0.05, 0.1) is 11.1 Å². The fourth-order valence-corrected chi connectivity index (χ4v) is 2.10. The second-order valence-corrected chi connectivity index (χ2v) is 5.04. The molecule has 0 aromatic heterocycles. The minimum Gasteiger partial charge on any atom is -0.478 e. The van der Waals surface area contributed by atoms with Gasteiger partial charge in [0, 0.05) is 18.8 Å². The van der Waals surface area contributed by atoms with Crippen molar-refractivity contribution in [3.05, 3.63) is 29.3 Å². The van der Waals surface area contributed by atoms with Crippen LogP contribution in [0.3, 0.4) is 0 Å². The van der Waals surface area contributed by atoms with Crippen molar-refractivity contribution in [2.75, 3.05) is 12.4 Å². The Morgan fingerprint density at radius 3 is 2.00 bits per heavy atom. The Hall–Kier alpha value is -2.57. The topological polar surface area (TPSA) is 107 Å². The average molecular weight is 292 g/mol. The SMILES string of the molecule is CN(C(=O)Nc1cc(C(=O)O)cc(C(=O)O)c1)C1CCC1. The lowest BCUT2D eigenvalue weighted by Crippen LogP contribution is -2.43. The number of nitrogens with one attached hydrogen (secondary N) is 1. The summed E-state index contributed by atoms with van der Waals surface area (Å²) in [5, 5.41) is 20.5. The van der Waals surface area contributed by atoms with E-state index in [0.717, 1.165) is 25.3 Å². The normalized spacial score (nSPS) is 14.1. The molecular weight excluding hydrogens is 276 g/mol. The first-order valence-corrected chi connectivity index (χ1v) is 6.54. The molecule has 7 heteroatoms. The summed E-state index contributed by atoms with van der Waals surface area (Å²) >= 11 is 0. The number of aromatic carboxylic acids is 2. The maximum absolute atomic E-state index is 12.0. The Balaban J connectivity index is 2.20. The van der Waals surface area contributed by atoms with Crippen LogP contribution in [-0.2, 0) is 0 Å². The van der Waals surface area contributed by atoms with E-state index in [1.807, 2.05) is 0 Å². The van der Waals surface area contributed by atoms with E-state index in [1.54, 1.807) is 11.9 Å². The molecule has 0 unspecified atom stereocenters. The van der Waals surface area contributed by atoms with Gasteiger partial charge in [0.25, 0.3) is 0 Å². The zero-order chi connectivity index (χ0) is 15.6. The molecule has 0 bridgehead atoms. The van der Waals surface area contributed by atoms with E-state index in [4.69, 9.17) is 10.2 Å². The zero-order valence-electron chi connectivity index (χ0n) is 11.5. The van der Waals surface area contributed by atoms with Crippen molar-refractivity contribution >= 4 is 23.7 Å². The molecule has 2 amide bonds. The van der Waals surface area contributed by atoms with Crippen LogP contribution in [0.1, 0.15) is 40.0 Å². The van der Waals surface area contributed by atoms with Gasteiger partial charge in [0.15, 0.2) is 0 Å². The van der Waals surface area contributed by atoms with E-state index in [1.165, 1.54) is 12.1 Å². The lowest BCUT2D eigenvalue weighted by atomic mass is 9.92. The third-order valence-electron chi connectivity index (χ3n) is 3.62. The number of hydrogen-bond acceptors (Lipinski definition) is 3. The van der Waals surface area contributed by atoms with Gasteiger partial charge in [0.2, 0.25) is 0 Å². The first kappa shape index (κ1) is 14.8. The summed E-state index contributed by atoms with van der Waals surface area (Å²) in [6.07, 6.45) is 2.97. The third-order valence-corrected chi connectivity index (χ3v) is 3.62. The predicted octanol–water partition coefficient (Wildman–Crippen LogP) is 2.10. The van der Waals surface area contributed by atoms with Crippen LogP contribution in [0.25, 0.3) is 0 Å². The molecule has 1 aromatic carbocycles. The number of carbonyl (C=O) groups excluding carboxylic acids is 1. The summed E-state index contributed by atoms with van der Waals surface area (Å²) in [6, 6.07) is 3.34. The van der Waals surface area contributed by atoms with Gasteiger partial charge in [-0.2, -0.15) is 0 Å². The number of nitrogens with zero attached hydrogens (tertiary/aromatic N) is 1. The van der Waals surface area contributed by atoms with Gasteiger partial charge in [-0.1, -0.05) is 0 Å². The minimum atomic E-state index is -1.25. The van der Waals surface area contributed by atoms with Crippen LogP contribution in [0.5, 0.6) is 0 Å². The van der Waals surface area contributed by atoms with Crippen LogP contribution < -0.4 is 5.32 Å². The molecular formula is C14H16N2O5. The summed E-state index contributed by atoms with van der Waals surface area (Å²) in [5.74, 6) is -2.50. The monoisotopic (exact) mass is 292 g/mol. The summed E-state index contributed by atoms with van der Waals surface area (Å²) in [4.78, 5) is 35.6. The Morgan fingerprint density at radius 2 is 1.62 bits per heavy atom. The highest BCUT2D eigenvalue weighted by Gasteiger charge is 2.25. The van der Waals surface area contributed by atoms with E-state index in [9.17, 15) is 14.4 Å². The molecule has 7 nitrogen and oxygen atoms in total. The Morgan fingerprint density at radius 1 is 1.10 bits per heavy atom. The maximum Gasteiger partial charge on any atom is 0.335 e. The average Bonchev–Trinajstić information content (AvgIpc) is 2.35. The Bertz CT molecular complexity index is 563. The molecule has 112 valence electrons. The van der Waals surface area contributed by atoms with Gasteiger partial charge in [-0.05, 0) is 37.5 Å². The number of benzene rings is 1. The van der Waals surface area contributed by atoms with Crippen LogP contribution >= 0.6 is 0 Å². The Labute approximate surface area is 121 Å². The number of urea groups is 1. The number of rotatable bonds is 4. The first-order chi connectivity index (χ1) is 9.88. The molecule has 1 fully saturated rings. The standard InChI is InChI=1S/C14H16N2O5/c1-16(11-3-2-4-11)14(21)15-10-6-8(12(17)18)5-9(7-10)13(19)20/h5-7,11H,2-4H2,1H3,(H,15,21)(H,17,18)(H,19,20). The van der Waals surface area contributed by atoms with Gasteiger partial charge >= 0.3 is 18.0 Å². The van der Waals surface area contributed by atoms with E-state index < -0.39 is 11.9 Å².